The first-order chi connectivity index (χ1) is 10.4. The van der Waals surface area contributed by atoms with Crippen LogP contribution in [0, 0.1) is 0 Å². The minimum Gasteiger partial charge on any atom is -0.332 e. The molecule has 1 N–H and O–H groups in total. The highest BCUT2D eigenvalue weighted by molar-refractivity contribution is 5.56. The second-order valence-corrected chi connectivity index (χ2v) is 5.02. The van der Waals surface area contributed by atoms with Crippen molar-refractivity contribution in [3.05, 3.63) is 48.5 Å². The highest BCUT2D eigenvalue weighted by Gasteiger charge is 2.26. The van der Waals surface area contributed by atoms with Gasteiger partial charge in [-0.25, -0.2) is 9.97 Å². The molecule has 2 aromatic heterocycles. The molecule has 6 heteroatoms. The van der Waals surface area contributed by atoms with E-state index in [1.54, 1.807) is 12.4 Å². The Kier molecular flexibility index (Phi) is 2.85. The molecule has 2 heterocycles. The molecule has 0 amide bonds. The van der Waals surface area contributed by atoms with Gasteiger partial charge in [-0.2, -0.15) is 4.98 Å². The zero-order valence-corrected chi connectivity index (χ0v) is 11.2. The Hall–Kier alpha value is -2.76. The quantitative estimate of drug-likeness (QED) is 0.790. The van der Waals surface area contributed by atoms with Crippen LogP contribution in [0.15, 0.2) is 47.2 Å². The van der Waals surface area contributed by atoms with Gasteiger partial charge in [0.15, 0.2) is 0 Å². The van der Waals surface area contributed by atoms with Gasteiger partial charge in [-0.15, -0.1) is 0 Å². The van der Waals surface area contributed by atoms with Crippen LogP contribution in [0.4, 0.5) is 11.6 Å². The fourth-order valence-corrected chi connectivity index (χ4v) is 2.04. The van der Waals surface area contributed by atoms with Crippen LogP contribution < -0.4 is 5.32 Å². The van der Waals surface area contributed by atoms with E-state index in [1.807, 2.05) is 30.3 Å². The third-order valence-electron chi connectivity index (χ3n) is 3.32. The molecule has 6 nitrogen and oxygen atoms in total. The number of aromatic nitrogens is 4. The van der Waals surface area contributed by atoms with E-state index in [4.69, 9.17) is 4.52 Å². The van der Waals surface area contributed by atoms with Crippen molar-refractivity contribution in [3.63, 3.8) is 0 Å². The van der Waals surface area contributed by atoms with Crippen molar-refractivity contribution in [1.82, 2.24) is 20.1 Å². The summed E-state index contributed by atoms with van der Waals surface area (Å²) >= 11 is 0. The number of anilines is 2. The molecule has 0 radical (unpaired) electrons. The zero-order valence-electron chi connectivity index (χ0n) is 11.2. The van der Waals surface area contributed by atoms with Crippen molar-refractivity contribution in [2.45, 2.75) is 18.8 Å². The van der Waals surface area contributed by atoms with Crippen molar-refractivity contribution in [2.75, 3.05) is 5.32 Å². The Morgan fingerprint density at radius 2 is 1.81 bits per heavy atom. The maximum Gasteiger partial charge on any atom is 0.268 e. The smallest absolute Gasteiger partial charge is 0.268 e. The Bertz CT molecular complexity index is 734. The van der Waals surface area contributed by atoms with Crippen LogP contribution in [0.3, 0.4) is 0 Å². The normalized spacial score (nSPS) is 14.1. The predicted molar refractivity (Wildman–Crippen MR) is 77.0 cm³/mol. The lowest BCUT2D eigenvalue weighted by Gasteiger charge is -1.98. The molecule has 1 aliphatic rings. The summed E-state index contributed by atoms with van der Waals surface area (Å²) in [5.41, 5.74) is 1.64. The molecule has 0 atom stereocenters. The number of nitrogens with one attached hydrogen (secondary N) is 1. The maximum atomic E-state index is 5.24. The van der Waals surface area contributed by atoms with E-state index in [1.165, 1.54) is 12.8 Å². The average Bonchev–Trinajstić information content (AvgIpc) is 3.29. The van der Waals surface area contributed by atoms with Crippen LogP contribution in [0.5, 0.6) is 0 Å². The van der Waals surface area contributed by atoms with E-state index in [2.05, 4.69) is 25.4 Å². The largest absolute Gasteiger partial charge is 0.332 e. The summed E-state index contributed by atoms with van der Waals surface area (Å²) in [5.74, 6) is 2.27. The zero-order chi connectivity index (χ0) is 14.1. The molecule has 21 heavy (non-hydrogen) atoms. The number of para-hydroxylation sites is 1. The van der Waals surface area contributed by atoms with Crippen LogP contribution in [-0.4, -0.2) is 20.1 Å². The molecule has 3 aromatic rings. The number of benzene rings is 1. The number of nitrogens with zero attached hydrogens (tertiary/aromatic N) is 4. The molecule has 0 spiro atoms. The first-order valence-corrected chi connectivity index (χ1v) is 6.86. The molecule has 0 unspecified atom stereocenters. The van der Waals surface area contributed by atoms with E-state index in [0.717, 1.165) is 17.1 Å². The van der Waals surface area contributed by atoms with Gasteiger partial charge in [0.2, 0.25) is 0 Å². The first kappa shape index (κ1) is 12.0. The predicted octanol–water partition coefficient (Wildman–Crippen LogP) is 3.15. The van der Waals surface area contributed by atoms with Gasteiger partial charge in [-0.3, -0.25) is 0 Å². The lowest BCUT2D eigenvalue weighted by Crippen LogP contribution is -1.93. The minimum atomic E-state index is 0.413. The third-order valence-corrected chi connectivity index (χ3v) is 3.32. The molecule has 1 fully saturated rings. The Labute approximate surface area is 121 Å². The van der Waals surface area contributed by atoms with E-state index < -0.39 is 0 Å². The Balaban J connectivity index is 1.53. The van der Waals surface area contributed by atoms with Crippen LogP contribution in [0.2, 0.25) is 0 Å². The SMILES string of the molecule is c1ccc(Nc2noc(-c3cnc(C4CC4)nc3)n2)cc1. The van der Waals surface area contributed by atoms with Gasteiger partial charge in [0.25, 0.3) is 11.8 Å². The van der Waals surface area contributed by atoms with E-state index in [9.17, 15) is 0 Å². The van der Waals surface area contributed by atoms with Gasteiger partial charge < -0.3 is 9.84 Å². The van der Waals surface area contributed by atoms with Gasteiger partial charge in [0.1, 0.15) is 5.82 Å². The third kappa shape index (κ3) is 2.60. The molecule has 1 aromatic carbocycles. The average molecular weight is 279 g/mol. The molecular formula is C15H13N5O. The second kappa shape index (κ2) is 4.97. The molecule has 0 saturated heterocycles. The lowest BCUT2D eigenvalue weighted by atomic mass is 10.3. The minimum absolute atomic E-state index is 0.413. The van der Waals surface area contributed by atoms with Gasteiger partial charge in [0, 0.05) is 24.0 Å². The van der Waals surface area contributed by atoms with Crippen molar-refractivity contribution in [2.24, 2.45) is 0 Å². The molecule has 0 aliphatic heterocycles. The van der Waals surface area contributed by atoms with Crippen molar-refractivity contribution >= 4 is 11.6 Å². The molecule has 4 rings (SSSR count). The maximum absolute atomic E-state index is 5.24. The van der Waals surface area contributed by atoms with Crippen LogP contribution in [0.25, 0.3) is 11.5 Å². The van der Waals surface area contributed by atoms with Crippen molar-refractivity contribution in [1.29, 1.82) is 0 Å². The fraction of sp³-hybridized carbons (Fsp3) is 0.200. The van der Waals surface area contributed by atoms with Gasteiger partial charge in [0.05, 0.1) is 5.56 Å². The lowest BCUT2D eigenvalue weighted by molar-refractivity contribution is 0.432. The molecule has 104 valence electrons. The first-order valence-electron chi connectivity index (χ1n) is 6.86. The summed E-state index contributed by atoms with van der Waals surface area (Å²) in [6, 6.07) is 9.69. The number of rotatable bonds is 4. The van der Waals surface area contributed by atoms with E-state index >= 15 is 0 Å². The Morgan fingerprint density at radius 3 is 2.52 bits per heavy atom. The van der Waals surface area contributed by atoms with Gasteiger partial charge >= 0.3 is 0 Å². The molecule has 1 aliphatic carbocycles. The number of hydrogen-bond acceptors (Lipinski definition) is 6. The summed E-state index contributed by atoms with van der Waals surface area (Å²) < 4.78 is 5.24. The highest BCUT2D eigenvalue weighted by Crippen LogP contribution is 2.37. The van der Waals surface area contributed by atoms with Crippen LogP contribution in [-0.2, 0) is 0 Å². The van der Waals surface area contributed by atoms with E-state index in [0.29, 0.717) is 17.8 Å². The fourth-order valence-electron chi connectivity index (χ4n) is 2.04. The summed E-state index contributed by atoms with van der Waals surface area (Å²) in [7, 11) is 0. The van der Waals surface area contributed by atoms with Crippen molar-refractivity contribution < 1.29 is 4.52 Å². The second-order valence-electron chi connectivity index (χ2n) is 5.02. The topological polar surface area (TPSA) is 76.7 Å². The highest BCUT2D eigenvalue weighted by atomic mass is 16.5. The molecule has 0 bridgehead atoms. The molecule has 1 saturated carbocycles. The summed E-state index contributed by atoms with van der Waals surface area (Å²) in [4.78, 5) is 13.0. The van der Waals surface area contributed by atoms with E-state index in [-0.39, 0.29) is 0 Å². The molecular weight excluding hydrogens is 266 g/mol. The van der Waals surface area contributed by atoms with Gasteiger partial charge in [-0.1, -0.05) is 18.2 Å². The monoisotopic (exact) mass is 279 g/mol. The summed E-state index contributed by atoms with van der Waals surface area (Å²) in [6.45, 7) is 0. The summed E-state index contributed by atoms with van der Waals surface area (Å²) in [5, 5.41) is 6.98. The van der Waals surface area contributed by atoms with Crippen LogP contribution >= 0.6 is 0 Å². The standard InChI is InChI=1S/C15H13N5O/c1-2-4-12(5-3-1)18-15-19-14(21-20-15)11-8-16-13(17-9-11)10-6-7-10/h1-5,8-10H,6-7H2,(H,18,20). The Morgan fingerprint density at radius 1 is 1.05 bits per heavy atom. The van der Waals surface area contributed by atoms with Crippen LogP contribution in [0.1, 0.15) is 24.6 Å². The van der Waals surface area contributed by atoms with Crippen molar-refractivity contribution in [3.8, 4) is 11.5 Å². The van der Waals surface area contributed by atoms with Gasteiger partial charge in [-0.05, 0) is 30.1 Å². The number of hydrogen-bond donors (Lipinski definition) is 1. The summed E-state index contributed by atoms with van der Waals surface area (Å²) in [6.07, 6.45) is 5.84.